The van der Waals surface area contributed by atoms with Crippen molar-refractivity contribution in [2.24, 2.45) is 10.9 Å². The van der Waals surface area contributed by atoms with Crippen LogP contribution < -0.4 is 10.3 Å². The summed E-state index contributed by atoms with van der Waals surface area (Å²) in [4.78, 5) is 43.4. The van der Waals surface area contributed by atoms with Crippen LogP contribution in [0.2, 0.25) is 5.02 Å². The molecule has 0 fully saturated rings. The third-order valence-corrected chi connectivity index (χ3v) is 6.80. The molecule has 200 valence electrons. The first-order valence-electron chi connectivity index (χ1n) is 12.6. The van der Waals surface area contributed by atoms with Crippen LogP contribution in [0.5, 0.6) is 5.75 Å². The Balaban J connectivity index is 1.64. The van der Waals surface area contributed by atoms with E-state index in [1.54, 1.807) is 37.3 Å². The summed E-state index contributed by atoms with van der Waals surface area (Å²) in [6.07, 6.45) is 1.95. The minimum absolute atomic E-state index is 0.0915. The number of hydrogen-bond acceptors (Lipinski definition) is 7. The molecule has 2 heterocycles. The summed E-state index contributed by atoms with van der Waals surface area (Å²) >= 11 is 6.17. The van der Waals surface area contributed by atoms with Gasteiger partial charge >= 0.3 is 5.97 Å². The van der Waals surface area contributed by atoms with E-state index in [1.807, 2.05) is 19.9 Å². The first kappa shape index (κ1) is 27.8. The molecule has 9 heteroatoms. The van der Waals surface area contributed by atoms with Crippen LogP contribution in [0.25, 0.3) is 11.1 Å². The fraction of sp³-hybridized carbons (Fsp3) is 0.300. The molecule has 1 atom stereocenters. The van der Waals surface area contributed by atoms with Gasteiger partial charge in [0.05, 0.1) is 43.3 Å². The van der Waals surface area contributed by atoms with Gasteiger partial charge in [0.1, 0.15) is 11.5 Å². The second-order valence-electron chi connectivity index (χ2n) is 9.55. The van der Waals surface area contributed by atoms with Gasteiger partial charge in [-0.2, -0.15) is 5.26 Å². The minimum atomic E-state index is -0.755. The zero-order chi connectivity index (χ0) is 28.3. The molecule has 0 bridgehead atoms. The van der Waals surface area contributed by atoms with Crippen molar-refractivity contribution in [2.75, 3.05) is 13.7 Å². The zero-order valence-electron chi connectivity index (χ0n) is 22.2. The maximum absolute atomic E-state index is 13.6. The molecule has 2 aromatic carbocycles. The van der Waals surface area contributed by atoms with Gasteiger partial charge in [0.15, 0.2) is 5.78 Å². The average molecular weight is 546 g/mol. The summed E-state index contributed by atoms with van der Waals surface area (Å²) in [6.45, 7) is 5.77. The number of esters is 1. The summed E-state index contributed by atoms with van der Waals surface area (Å²) < 4.78 is 12.0. The van der Waals surface area contributed by atoms with Crippen molar-refractivity contribution >= 4 is 34.8 Å². The number of fused-ring (bicyclic) bond motifs is 1. The van der Waals surface area contributed by atoms with Crippen LogP contribution in [0.1, 0.15) is 43.5 Å². The number of Topliss-reactive ketones (excluding diaryl/α,β-unsaturated/α-hetero) is 1. The molecular weight excluding hydrogens is 518 g/mol. The molecule has 1 aromatic heterocycles. The van der Waals surface area contributed by atoms with E-state index in [-0.39, 0.29) is 24.7 Å². The second-order valence-corrected chi connectivity index (χ2v) is 9.99. The zero-order valence-corrected chi connectivity index (χ0v) is 22.9. The third kappa shape index (κ3) is 5.79. The topological polar surface area (TPSA) is 111 Å². The number of halogens is 1. The number of carbonyl (C=O) groups is 2. The normalized spacial score (nSPS) is 12.9. The number of carbonyl (C=O) groups excluding carboxylic acids is 2. The number of methoxy groups -OCH3 is 1. The Kier molecular flexibility index (Phi) is 8.32. The molecule has 0 spiro atoms. The van der Waals surface area contributed by atoms with Gasteiger partial charge in [-0.25, -0.2) is 9.79 Å². The molecule has 1 aliphatic heterocycles. The van der Waals surface area contributed by atoms with Crippen LogP contribution in [0.4, 0.5) is 5.69 Å². The minimum Gasteiger partial charge on any atom is -0.495 e. The van der Waals surface area contributed by atoms with E-state index in [4.69, 9.17) is 21.1 Å². The van der Waals surface area contributed by atoms with Crippen LogP contribution in [0.3, 0.4) is 0 Å². The van der Waals surface area contributed by atoms with Gasteiger partial charge in [-0.1, -0.05) is 37.6 Å². The van der Waals surface area contributed by atoms with E-state index in [2.05, 4.69) is 11.1 Å². The molecular formula is C30H28ClN3O5. The number of aliphatic imine (C=N–C) groups is 1. The molecule has 3 aromatic rings. The smallest absolute Gasteiger partial charge is 0.353 e. The lowest BCUT2D eigenvalue weighted by atomic mass is 9.93. The van der Waals surface area contributed by atoms with Gasteiger partial charge in [0, 0.05) is 35.1 Å². The molecule has 39 heavy (non-hydrogen) atoms. The van der Waals surface area contributed by atoms with Gasteiger partial charge < -0.3 is 14.0 Å². The Morgan fingerprint density at radius 2 is 1.92 bits per heavy atom. The predicted octanol–water partition coefficient (Wildman–Crippen LogP) is 5.25. The first-order valence-corrected chi connectivity index (χ1v) is 12.9. The van der Waals surface area contributed by atoms with E-state index in [9.17, 15) is 19.6 Å². The van der Waals surface area contributed by atoms with Gasteiger partial charge in [-0.15, -0.1) is 0 Å². The number of rotatable bonds is 9. The van der Waals surface area contributed by atoms with Crippen molar-refractivity contribution in [3.63, 3.8) is 0 Å². The van der Waals surface area contributed by atoms with Crippen LogP contribution in [-0.2, 0) is 27.2 Å². The van der Waals surface area contributed by atoms with E-state index < -0.39 is 17.6 Å². The number of ether oxygens (including phenoxy) is 2. The Morgan fingerprint density at radius 3 is 2.59 bits per heavy atom. The summed E-state index contributed by atoms with van der Waals surface area (Å²) in [5, 5.41) is 9.98. The molecule has 0 radical (unpaired) electrons. The monoisotopic (exact) mass is 545 g/mol. The van der Waals surface area contributed by atoms with Crippen molar-refractivity contribution in [3.05, 3.63) is 80.7 Å². The highest BCUT2D eigenvalue weighted by Crippen LogP contribution is 2.34. The fourth-order valence-corrected chi connectivity index (χ4v) is 4.98. The van der Waals surface area contributed by atoms with Crippen LogP contribution in [0, 0.1) is 17.2 Å². The Morgan fingerprint density at radius 1 is 1.15 bits per heavy atom. The molecule has 0 N–H and O–H groups in total. The summed E-state index contributed by atoms with van der Waals surface area (Å²) in [6, 6.07) is 13.0. The van der Waals surface area contributed by atoms with Crippen molar-refractivity contribution in [1.29, 1.82) is 5.26 Å². The Bertz CT molecular complexity index is 1580. The number of ketones is 1. The lowest BCUT2D eigenvalue weighted by molar-refractivity contribution is -0.135. The third-order valence-electron chi connectivity index (χ3n) is 6.56. The van der Waals surface area contributed by atoms with E-state index in [1.165, 1.54) is 23.9 Å². The van der Waals surface area contributed by atoms with Crippen LogP contribution in [0.15, 0.2) is 58.4 Å². The molecule has 1 aliphatic rings. The summed E-state index contributed by atoms with van der Waals surface area (Å²) in [5.74, 6) is -0.442. The highest BCUT2D eigenvalue weighted by Gasteiger charge is 2.28. The average Bonchev–Trinajstić information content (AvgIpc) is 3.33. The number of pyridine rings is 1. The molecule has 0 aliphatic carbocycles. The number of aromatic nitrogens is 1. The van der Waals surface area contributed by atoms with Gasteiger partial charge in [-0.05, 0) is 48.2 Å². The lowest BCUT2D eigenvalue weighted by Gasteiger charge is -2.24. The van der Waals surface area contributed by atoms with Crippen LogP contribution >= 0.6 is 11.6 Å². The molecule has 8 nitrogen and oxygen atoms in total. The van der Waals surface area contributed by atoms with Gasteiger partial charge in [0.2, 0.25) is 0 Å². The molecule has 1 unspecified atom stereocenters. The highest BCUT2D eigenvalue weighted by molar-refractivity contribution is 6.38. The first-order chi connectivity index (χ1) is 18.7. The fourth-order valence-electron chi connectivity index (χ4n) is 4.81. The molecule has 0 amide bonds. The number of nitrogens with zero attached hydrogens (tertiary/aromatic N) is 3. The predicted molar refractivity (Wildman–Crippen MR) is 149 cm³/mol. The summed E-state index contributed by atoms with van der Waals surface area (Å²) in [5.41, 5.74) is 3.48. The van der Waals surface area contributed by atoms with Gasteiger partial charge in [-0.3, -0.25) is 9.59 Å². The quantitative estimate of drug-likeness (QED) is 0.340. The van der Waals surface area contributed by atoms with E-state index in [0.717, 1.165) is 11.1 Å². The Hall–Kier alpha value is -4.22. The molecule has 0 saturated heterocycles. The largest absolute Gasteiger partial charge is 0.495 e. The van der Waals surface area contributed by atoms with Crippen molar-refractivity contribution in [3.8, 4) is 22.9 Å². The molecule has 4 rings (SSSR count). The van der Waals surface area contributed by atoms with Crippen molar-refractivity contribution in [2.45, 2.75) is 39.7 Å². The van der Waals surface area contributed by atoms with Crippen molar-refractivity contribution in [1.82, 2.24) is 4.57 Å². The number of nitriles is 1. The van der Waals surface area contributed by atoms with Crippen LogP contribution in [-0.4, -0.2) is 35.7 Å². The highest BCUT2D eigenvalue weighted by atomic mass is 35.5. The maximum Gasteiger partial charge on any atom is 0.353 e. The summed E-state index contributed by atoms with van der Waals surface area (Å²) in [7, 11) is 1.47. The number of benzene rings is 2. The van der Waals surface area contributed by atoms with E-state index in [0.29, 0.717) is 45.3 Å². The second kappa shape index (κ2) is 11.7. The Labute approximate surface area is 231 Å². The van der Waals surface area contributed by atoms with E-state index >= 15 is 0 Å². The standard InChI is InChI=1S/C30H28ClN3O5/c1-5-39-30(37)25-12-20-10-18(6-9-24(20)33-25)11-26(35)29(17(2)3)34-16-27(38-4)23(14-28(34)36)22-13-21(31)8-7-19(22)15-32/h6-10,13-14,16-17,29H,5,11-12H2,1-4H3. The number of hydrogen-bond donors (Lipinski definition) is 0. The molecule has 0 saturated carbocycles. The van der Waals surface area contributed by atoms with Gasteiger partial charge in [0.25, 0.3) is 5.56 Å². The van der Waals surface area contributed by atoms with Crippen molar-refractivity contribution < 1.29 is 19.1 Å². The maximum atomic E-state index is 13.6. The SMILES string of the molecule is CCOC(=O)C1=Nc2ccc(CC(=O)C(C(C)C)n3cc(OC)c(-c4cc(Cl)ccc4C#N)cc3=O)cc2C1. The lowest BCUT2D eigenvalue weighted by Crippen LogP contribution is -2.33.